The van der Waals surface area contributed by atoms with Crippen LogP contribution < -0.4 is 5.32 Å². The standard InChI is InChI=1S/C20H17ClN2O2/c1-22-19(24)14-4-2-5-16(12-14)20(25,17-6-3-11-23-13-17)15-7-9-18(21)10-8-15/h2-13,25H,1H3,(H,22,24). The molecule has 0 saturated carbocycles. The number of aromatic nitrogens is 1. The Balaban J connectivity index is 2.22. The molecule has 1 amide bonds. The van der Waals surface area contributed by atoms with E-state index in [9.17, 15) is 9.90 Å². The van der Waals surface area contributed by atoms with Gasteiger partial charge in [0.1, 0.15) is 5.60 Å². The number of hydrogen-bond donors (Lipinski definition) is 2. The zero-order valence-electron chi connectivity index (χ0n) is 13.6. The summed E-state index contributed by atoms with van der Waals surface area (Å²) in [6.45, 7) is 0. The van der Waals surface area contributed by atoms with Crippen LogP contribution in [0.15, 0.2) is 73.1 Å². The molecular weight excluding hydrogens is 336 g/mol. The van der Waals surface area contributed by atoms with Crippen molar-refractivity contribution in [2.24, 2.45) is 0 Å². The average molecular weight is 353 g/mol. The largest absolute Gasteiger partial charge is 0.376 e. The third kappa shape index (κ3) is 3.27. The molecule has 0 spiro atoms. The number of hydrogen-bond acceptors (Lipinski definition) is 3. The van der Waals surface area contributed by atoms with E-state index in [0.29, 0.717) is 27.3 Å². The molecule has 3 rings (SSSR count). The number of benzene rings is 2. The van der Waals surface area contributed by atoms with Crippen LogP contribution in [0.2, 0.25) is 5.02 Å². The van der Waals surface area contributed by atoms with Crippen molar-refractivity contribution in [3.63, 3.8) is 0 Å². The minimum atomic E-state index is -1.46. The summed E-state index contributed by atoms with van der Waals surface area (Å²) in [4.78, 5) is 16.1. The zero-order valence-corrected chi connectivity index (χ0v) is 14.4. The lowest BCUT2D eigenvalue weighted by molar-refractivity contribution is 0.0962. The van der Waals surface area contributed by atoms with Crippen molar-refractivity contribution in [2.45, 2.75) is 5.60 Å². The third-order valence-electron chi connectivity index (χ3n) is 4.11. The predicted molar refractivity (Wildman–Crippen MR) is 97.6 cm³/mol. The first kappa shape index (κ1) is 17.1. The number of halogens is 1. The van der Waals surface area contributed by atoms with Crippen LogP contribution in [0.25, 0.3) is 0 Å². The summed E-state index contributed by atoms with van der Waals surface area (Å²) in [5.74, 6) is -0.216. The fraction of sp³-hybridized carbons (Fsp3) is 0.100. The number of carbonyl (C=O) groups is 1. The molecule has 1 heterocycles. The van der Waals surface area contributed by atoms with Crippen molar-refractivity contribution in [1.29, 1.82) is 0 Å². The first-order valence-electron chi connectivity index (χ1n) is 7.77. The molecule has 0 aliphatic heterocycles. The second-order valence-electron chi connectivity index (χ2n) is 5.62. The van der Waals surface area contributed by atoms with E-state index < -0.39 is 5.60 Å². The second-order valence-corrected chi connectivity index (χ2v) is 6.06. The number of amides is 1. The molecule has 2 N–H and O–H groups in total. The highest BCUT2D eigenvalue weighted by atomic mass is 35.5. The van der Waals surface area contributed by atoms with E-state index in [0.717, 1.165) is 0 Å². The maximum Gasteiger partial charge on any atom is 0.251 e. The zero-order chi connectivity index (χ0) is 17.9. The summed E-state index contributed by atoms with van der Waals surface area (Å²) in [6.07, 6.45) is 3.26. The lowest BCUT2D eigenvalue weighted by Gasteiger charge is -2.30. The van der Waals surface area contributed by atoms with Gasteiger partial charge >= 0.3 is 0 Å². The summed E-state index contributed by atoms with van der Waals surface area (Å²) in [6, 6.07) is 17.5. The fourth-order valence-corrected chi connectivity index (χ4v) is 2.92. The molecule has 0 aliphatic carbocycles. The van der Waals surface area contributed by atoms with Gasteiger partial charge in [0.05, 0.1) is 0 Å². The van der Waals surface area contributed by atoms with Gasteiger partial charge in [0.15, 0.2) is 0 Å². The van der Waals surface area contributed by atoms with Crippen LogP contribution in [0.5, 0.6) is 0 Å². The van der Waals surface area contributed by atoms with Gasteiger partial charge in [-0.3, -0.25) is 9.78 Å². The first-order valence-corrected chi connectivity index (χ1v) is 8.15. The average Bonchev–Trinajstić information content (AvgIpc) is 2.68. The van der Waals surface area contributed by atoms with Crippen molar-refractivity contribution in [2.75, 3.05) is 7.05 Å². The SMILES string of the molecule is CNC(=O)c1cccc(C(O)(c2ccc(Cl)cc2)c2cccnc2)c1. The minimum absolute atomic E-state index is 0.216. The highest BCUT2D eigenvalue weighted by molar-refractivity contribution is 6.30. The highest BCUT2D eigenvalue weighted by Crippen LogP contribution is 2.37. The topological polar surface area (TPSA) is 62.2 Å². The Morgan fingerprint density at radius 3 is 2.40 bits per heavy atom. The lowest BCUT2D eigenvalue weighted by Crippen LogP contribution is -2.29. The van der Waals surface area contributed by atoms with Gasteiger partial charge in [0.2, 0.25) is 0 Å². The van der Waals surface area contributed by atoms with Crippen molar-refractivity contribution in [3.05, 3.63) is 100 Å². The van der Waals surface area contributed by atoms with E-state index >= 15 is 0 Å². The van der Waals surface area contributed by atoms with Gasteiger partial charge in [-0.15, -0.1) is 0 Å². The van der Waals surface area contributed by atoms with Crippen LogP contribution >= 0.6 is 11.6 Å². The van der Waals surface area contributed by atoms with Crippen molar-refractivity contribution < 1.29 is 9.90 Å². The number of nitrogens with zero attached hydrogens (tertiary/aromatic N) is 1. The quantitative estimate of drug-likeness (QED) is 0.756. The number of aliphatic hydroxyl groups is 1. The summed E-state index contributed by atoms with van der Waals surface area (Å²) in [7, 11) is 1.57. The van der Waals surface area contributed by atoms with Gasteiger partial charge in [-0.2, -0.15) is 0 Å². The van der Waals surface area contributed by atoms with E-state index in [1.54, 1.807) is 80.1 Å². The molecule has 0 radical (unpaired) electrons. The van der Waals surface area contributed by atoms with E-state index in [1.165, 1.54) is 0 Å². The Bertz CT molecular complexity index is 882. The number of carbonyl (C=O) groups excluding carboxylic acids is 1. The molecule has 4 nitrogen and oxygen atoms in total. The number of rotatable bonds is 4. The maximum absolute atomic E-state index is 12.0. The van der Waals surface area contributed by atoms with Crippen LogP contribution in [0, 0.1) is 0 Å². The molecule has 0 fully saturated rings. The third-order valence-corrected chi connectivity index (χ3v) is 4.36. The van der Waals surface area contributed by atoms with Crippen LogP contribution in [0.4, 0.5) is 0 Å². The lowest BCUT2D eigenvalue weighted by atomic mass is 9.80. The Hall–Kier alpha value is -2.69. The molecule has 1 unspecified atom stereocenters. The van der Waals surface area contributed by atoms with E-state index in [4.69, 9.17) is 11.6 Å². The molecule has 126 valence electrons. The molecule has 25 heavy (non-hydrogen) atoms. The van der Waals surface area contributed by atoms with Crippen molar-refractivity contribution >= 4 is 17.5 Å². The molecule has 0 saturated heterocycles. The molecule has 3 aromatic rings. The van der Waals surface area contributed by atoms with E-state index in [1.807, 2.05) is 0 Å². The van der Waals surface area contributed by atoms with Gasteiger partial charge in [0, 0.05) is 35.6 Å². The van der Waals surface area contributed by atoms with Crippen LogP contribution in [-0.2, 0) is 5.60 Å². The minimum Gasteiger partial charge on any atom is -0.376 e. The molecule has 0 bridgehead atoms. The van der Waals surface area contributed by atoms with Gasteiger partial charge in [-0.1, -0.05) is 41.9 Å². The Kier molecular flexibility index (Phi) is 4.83. The normalized spacial score (nSPS) is 13.1. The van der Waals surface area contributed by atoms with Crippen LogP contribution in [0.1, 0.15) is 27.0 Å². The Morgan fingerprint density at radius 2 is 1.76 bits per heavy atom. The fourth-order valence-electron chi connectivity index (χ4n) is 2.80. The summed E-state index contributed by atoms with van der Waals surface area (Å²) >= 11 is 5.99. The predicted octanol–water partition coefficient (Wildman–Crippen LogP) is 3.38. The molecular formula is C20H17ClN2O2. The molecule has 1 aromatic heterocycles. The molecule has 2 aromatic carbocycles. The highest BCUT2D eigenvalue weighted by Gasteiger charge is 2.34. The monoisotopic (exact) mass is 352 g/mol. The summed E-state index contributed by atoms with van der Waals surface area (Å²) in [5, 5.41) is 14.9. The van der Waals surface area contributed by atoms with Gasteiger partial charge < -0.3 is 10.4 Å². The molecule has 1 atom stereocenters. The summed E-state index contributed by atoms with van der Waals surface area (Å²) in [5.41, 5.74) is 0.827. The van der Waals surface area contributed by atoms with Crippen molar-refractivity contribution in [1.82, 2.24) is 10.3 Å². The van der Waals surface area contributed by atoms with Gasteiger partial charge in [0.25, 0.3) is 5.91 Å². The van der Waals surface area contributed by atoms with Crippen LogP contribution in [0.3, 0.4) is 0 Å². The number of pyridine rings is 1. The van der Waals surface area contributed by atoms with Crippen molar-refractivity contribution in [3.8, 4) is 0 Å². The van der Waals surface area contributed by atoms with E-state index in [2.05, 4.69) is 10.3 Å². The molecule has 0 aliphatic rings. The van der Waals surface area contributed by atoms with E-state index in [-0.39, 0.29) is 5.91 Å². The Morgan fingerprint density at radius 1 is 1.04 bits per heavy atom. The number of nitrogens with one attached hydrogen (secondary N) is 1. The molecule has 5 heteroatoms. The smallest absolute Gasteiger partial charge is 0.251 e. The van der Waals surface area contributed by atoms with Gasteiger partial charge in [-0.05, 0) is 41.5 Å². The van der Waals surface area contributed by atoms with Gasteiger partial charge in [-0.25, -0.2) is 0 Å². The van der Waals surface area contributed by atoms with Crippen LogP contribution in [-0.4, -0.2) is 23.0 Å². The maximum atomic E-state index is 12.0. The second kappa shape index (κ2) is 7.05. The summed E-state index contributed by atoms with van der Waals surface area (Å²) < 4.78 is 0. The Labute approximate surface area is 151 Å². The first-order chi connectivity index (χ1) is 12.1.